The van der Waals surface area contributed by atoms with Crippen molar-refractivity contribution in [1.82, 2.24) is 15.0 Å². The third-order valence-electron chi connectivity index (χ3n) is 3.91. The molecule has 0 saturated carbocycles. The second kappa shape index (κ2) is 6.13. The highest BCUT2D eigenvalue weighted by Crippen LogP contribution is 2.24. The highest BCUT2D eigenvalue weighted by Gasteiger charge is 2.07. The van der Waals surface area contributed by atoms with Gasteiger partial charge in [0.15, 0.2) is 5.82 Å². The van der Waals surface area contributed by atoms with Gasteiger partial charge < -0.3 is 5.11 Å². The number of carbonyl (C=O) groups is 1. The standard InChI is InChI=1S/C20H13N3O2/c24-12-13-2-1-3-15(8-13)16-9-18-19(21-10-16)11-22-20(23-18)14-4-6-17(25)7-5-14/h1-12,25H. The zero-order valence-corrected chi connectivity index (χ0v) is 13.1. The first-order chi connectivity index (χ1) is 12.2. The van der Waals surface area contributed by atoms with Crippen molar-refractivity contribution >= 4 is 17.3 Å². The number of pyridine rings is 1. The van der Waals surface area contributed by atoms with Crippen molar-refractivity contribution in [2.75, 3.05) is 0 Å². The van der Waals surface area contributed by atoms with E-state index >= 15 is 0 Å². The van der Waals surface area contributed by atoms with Gasteiger partial charge in [-0.3, -0.25) is 9.78 Å². The van der Waals surface area contributed by atoms with Crippen LogP contribution >= 0.6 is 0 Å². The fourth-order valence-corrected chi connectivity index (χ4v) is 2.62. The molecule has 0 unspecified atom stereocenters. The van der Waals surface area contributed by atoms with Crippen molar-refractivity contribution in [2.24, 2.45) is 0 Å². The normalized spacial score (nSPS) is 10.7. The van der Waals surface area contributed by atoms with Gasteiger partial charge in [0.2, 0.25) is 0 Å². The minimum Gasteiger partial charge on any atom is -0.508 e. The minimum absolute atomic E-state index is 0.198. The molecule has 5 nitrogen and oxygen atoms in total. The first-order valence-electron chi connectivity index (χ1n) is 7.71. The molecule has 2 aromatic heterocycles. The summed E-state index contributed by atoms with van der Waals surface area (Å²) in [7, 11) is 0. The summed E-state index contributed by atoms with van der Waals surface area (Å²) in [6.45, 7) is 0. The second-order valence-corrected chi connectivity index (χ2v) is 5.61. The number of carbonyl (C=O) groups excluding carboxylic acids is 1. The summed E-state index contributed by atoms with van der Waals surface area (Å²) >= 11 is 0. The van der Waals surface area contributed by atoms with E-state index in [0.29, 0.717) is 22.4 Å². The maximum absolute atomic E-state index is 11.0. The van der Waals surface area contributed by atoms with E-state index in [1.807, 2.05) is 24.3 Å². The van der Waals surface area contributed by atoms with E-state index in [1.165, 1.54) is 0 Å². The van der Waals surface area contributed by atoms with Crippen molar-refractivity contribution in [3.05, 3.63) is 72.6 Å². The van der Waals surface area contributed by atoms with Gasteiger partial charge in [0.25, 0.3) is 0 Å². The summed E-state index contributed by atoms with van der Waals surface area (Å²) in [5, 5.41) is 9.40. The van der Waals surface area contributed by atoms with Crippen LogP contribution in [0.2, 0.25) is 0 Å². The number of hydrogen-bond donors (Lipinski definition) is 1. The van der Waals surface area contributed by atoms with Crippen LogP contribution in [-0.2, 0) is 0 Å². The highest BCUT2D eigenvalue weighted by atomic mass is 16.3. The van der Waals surface area contributed by atoms with Gasteiger partial charge >= 0.3 is 0 Å². The summed E-state index contributed by atoms with van der Waals surface area (Å²) in [4.78, 5) is 24.3. The fraction of sp³-hybridized carbons (Fsp3) is 0. The monoisotopic (exact) mass is 327 g/mol. The van der Waals surface area contributed by atoms with Crippen LogP contribution in [-0.4, -0.2) is 26.3 Å². The van der Waals surface area contributed by atoms with E-state index in [9.17, 15) is 9.90 Å². The predicted octanol–water partition coefficient (Wildman–Crippen LogP) is 3.88. The van der Waals surface area contributed by atoms with Crippen LogP contribution < -0.4 is 0 Å². The van der Waals surface area contributed by atoms with Gasteiger partial charge in [-0.2, -0.15) is 0 Å². The molecule has 0 amide bonds. The van der Waals surface area contributed by atoms with E-state index < -0.39 is 0 Å². The zero-order chi connectivity index (χ0) is 17.2. The van der Waals surface area contributed by atoms with Crippen molar-refractivity contribution in [2.45, 2.75) is 0 Å². The van der Waals surface area contributed by atoms with E-state index in [0.717, 1.165) is 23.0 Å². The Labute approximate surface area is 143 Å². The molecule has 0 bridgehead atoms. The molecule has 4 rings (SSSR count). The molecular weight excluding hydrogens is 314 g/mol. The van der Waals surface area contributed by atoms with E-state index in [-0.39, 0.29) is 5.75 Å². The minimum atomic E-state index is 0.198. The Kier molecular flexibility index (Phi) is 3.67. The van der Waals surface area contributed by atoms with Crippen LogP contribution in [0.3, 0.4) is 0 Å². The fourth-order valence-electron chi connectivity index (χ4n) is 2.62. The Hall–Kier alpha value is -3.60. The summed E-state index contributed by atoms with van der Waals surface area (Å²) < 4.78 is 0. The molecule has 25 heavy (non-hydrogen) atoms. The predicted molar refractivity (Wildman–Crippen MR) is 95.3 cm³/mol. The first-order valence-corrected chi connectivity index (χ1v) is 7.71. The number of aromatic nitrogens is 3. The van der Waals surface area contributed by atoms with Crippen LogP contribution in [0.25, 0.3) is 33.5 Å². The molecule has 1 N–H and O–H groups in total. The lowest BCUT2D eigenvalue weighted by molar-refractivity contribution is 0.112. The highest BCUT2D eigenvalue weighted by molar-refractivity contribution is 5.83. The Morgan fingerprint density at radius 2 is 1.64 bits per heavy atom. The summed E-state index contributed by atoms with van der Waals surface area (Å²) in [6, 6.07) is 16.0. The molecule has 4 aromatic rings. The summed E-state index contributed by atoms with van der Waals surface area (Å²) in [6.07, 6.45) is 4.25. The lowest BCUT2D eigenvalue weighted by Gasteiger charge is -2.05. The van der Waals surface area contributed by atoms with Crippen molar-refractivity contribution in [1.29, 1.82) is 0 Å². The van der Waals surface area contributed by atoms with Gasteiger partial charge in [-0.1, -0.05) is 18.2 Å². The molecular formula is C20H13N3O2. The van der Waals surface area contributed by atoms with Crippen molar-refractivity contribution in [3.63, 3.8) is 0 Å². The largest absolute Gasteiger partial charge is 0.508 e. The maximum atomic E-state index is 11.0. The Balaban J connectivity index is 1.81. The van der Waals surface area contributed by atoms with Crippen molar-refractivity contribution in [3.8, 4) is 28.3 Å². The molecule has 2 aromatic carbocycles. The van der Waals surface area contributed by atoms with Crippen LogP contribution in [0, 0.1) is 0 Å². The quantitative estimate of drug-likeness (QED) is 0.578. The van der Waals surface area contributed by atoms with Gasteiger partial charge in [-0.05, 0) is 42.0 Å². The molecule has 0 saturated heterocycles. The molecule has 5 heteroatoms. The van der Waals surface area contributed by atoms with Crippen LogP contribution in [0.4, 0.5) is 0 Å². The van der Waals surface area contributed by atoms with Gasteiger partial charge in [0.05, 0.1) is 11.7 Å². The number of aromatic hydroxyl groups is 1. The molecule has 2 heterocycles. The lowest BCUT2D eigenvalue weighted by atomic mass is 10.0. The third kappa shape index (κ3) is 2.95. The van der Waals surface area contributed by atoms with E-state index in [4.69, 9.17) is 0 Å². The number of rotatable bonds is 3. The number of fused-ring (bicyclic) bond motifs is 1. The Morgan fingerprint density at radius 1 is 0.800 bits per heavy atom. The van der Waals surface area contributed by atoms with E-state index in [1.54, 1.807) is 42.7 Å². The Bertz CT molecular complexity index is 1080. The molecule has 0 fully saturated rings. The van der Waals surface area contributed by atoms with Gasteiger partial charge in [0, 0.05) is 22.9 Å². The first kappa shape index (κ1) is 15.0. The number of phenolic OH excluding ortho intramolecular Hbond substituents is 1. The van der Waals surface area contributed by atoms with Crippen LogP contribution in [0.1, 0.15) is 10.4 Å². The zero-order valence-electron chi connectivity index (χ0n) is 13.1. The smallest absolute Gasteiger partial charge is 0.159 e. The molecule has 0 aliphatic carbocycles. The average Bonchev–Trinajstić information content (AvgIpc) is 2.68. The SMILES string of the molecule is O=Cc1cccc(-c2cnc3cnc(-c4ccc(O)cc4)nc3c2)c1. The maximum Gasteiger partial charge on any atom is 0.159 e. The average molecular weight is 327 g/mol. The number of benzene rings is 2. The number of hydrogen-bond acceptors (Lipinski definition) is 5. The molecule has 120 valence electrons. The number of phenols is 1. The topological polar surface area (TPSA) is 76.0 Å². The third-order valence-corrected chi connectivity index (χ3v) is 3.91. The van der Waals surface area contributed by atoms with Crippen molar-refractivity contribution < 1.29 is 9.90 Å². The second-order valence-electron chi connectivity index (χ2n) is 5.61. The molecule has 0 radical (unpaired) electrons. The lowest BCUT2D eigenvalue weighted by Crippen LogP contribution is -1.92. The molecule has 0 spiro atoms. The molecule has 0 aliphatic rings. The van der Waals surface area contributed by atoms with Crippen LogP contribution in [0.5, 0.6) is 5.75 Å². The van der Waals surface area contributed by atoms with Crippen LogP contribution in [0.15, 0.2) is 67.0 Å². The molecule has 0 aliphatic heterocycles. The summed E-state index contributed by atoms with van der Waals surface area (Å²) in [5.74, 6) is 0.761. The Morgan fingerprint density at radius 3 is 2.44 bits per heavy atom. The summed E-state index contributed by atoms with van der Waals surface area (Å²) in [5.41, 5.74) is 4.62. The number of aldehydes is 1. The number of nitrogens with zero attached hydrogens (tertiary/aromatic N) is 3. The molecule has 0 atom stereocenters. The van der Waals surface area contributed by atoms with Gasteiger partial charge in [-0.15, -0.1) is 0 Å². The van der Waals surface area contributed by atoms with Gasteiger partial charge in [-0.25, -0.2) is 9.97 Å². The van der Waals surface area contributed by atoms with E-state index in [2.05, 4.69) is 15.0 Å². The van der Waals surface area contributed by atoms with Gasteiger partial charge in [0.1, 0.15) is 17.6 Å².